The van der Waals surface area contributed by atoms with E-state index in [1.165, 1.54) is 6.07 Å². The summed E-state index contributed by atoms with van der Waals surface area (Å²) >= 11 is 0. The Hall–Kier alpha value is -2.69. The van der Waals surface area contributed by atoms with Gasteiger partial charge in [0.05, 0.1) is 5.56 Å². The highest BCUT2D eigenvalue weighted by Gasteiger charge is 2.14. The maximum absolute atomic E-state index is 13.9. The molecule has 2 N–H and O–H groups in total. The van der Waals surface area contributed by atoms with Crippen LogP contribution in [-0.4, -0.2) is 10.1 Å². The second-order valence-electron chi connectivity index (χ2n) is 4.53. The predicted molar refractivity (Wildman–Crippen MR) is 74.3 cm³/mol. The largest absolute Gasteiger partial charge is 0.399 e. The van der Waals surface area contributed by atoms with E-state index in [-0.39, 0.29) is 11.7 Å². The second-order valence-corrected chi connectivity index (χ2v) is 4.53. The first-order chi connectivity index (χ1) is 9.63. The lowest BCUT2D eigenvalue weighted by Crippen LogP contribution is -1.87. The van der Waals surface area contributed by atoms with Gasteiger partial charge >= 0.3 is 0 Å². The minimum atomic E-state index is -0.377. The quantitative estimate of drug-likeness (QED) is 0.724. The van der Waals surface area contributed by atoms with Gasteiger partial charge in [0.15, 0.2) is 0 Å². The molecule has 0 fully saturated rings. The van der Waals surface area contributed by atoms with Crippen molar-refractivity contribution < 1.29 is 8.91 Å². The molecule has 0 aliphatic carbocycles. The number of nitrogen functional groups attached to an aromatic ring is 1. The third-order valence-corrected chi connectivity index (χ3v) is 2.95. The molecule has 1 aromatic heterocycles. The molecule has 0 saturated carbocycles. The van der Waals surface area contributed by atoms with E-state index in [0.29, 0.717) is 17.1 Å². The van der Waals surface area contributed by atoms with E-state index in [4.69, 9.17) is 10.3 Å². The number of benzene rings is 2. The van der Waals surface area contributed by atoms with Gasteiger partial charge in [0.1, 0.15) is 5.82 Å². The third kappa shape index (κ3) is 2.25. The molecule has 20 heavy (non-hydrogen) atoms. The molecule has 0 aliphatic heterocycles. The van der Waals surface area contributed by atoms with E-state index in [1.54, 1.807) is 36.4 Å². The van der Waals surface area contributed by atoms with Crippen LogP contribution in [0.1, 0.15) is 5.56 Å². The molecule has 0 aliphatic rings. The molecule has 0 unspecified atom stereocenters. The highest BCUT2D eigenvalue weighted by atomic mass is 19.1. The van der Waals surface area contributed by atoms with Crippen LogP contribution in [0, 0.1) is 12.7 Å². The molecule has 1 heterocycles. The Kier molecular flexibility index (Phi) is 2.95. The van der Waals surface area contributed by atoms with Crippen LogP contribution in [0.2, 0.25) is 0 Å². The fourth-order valence-corrected chi connectivity index (χ4v) is 1.88. The summed E-state index contributed by atoms with van der Waals surface area (Å²) in [5, 5.41) is 3.86. The number of nitrogens with two attached hydrogens (primary N) is 1. The number of aryl methyl sites for hydroxylation is 1. The molecule has 2 aromatic carbocycles. The number of halogens is 1. The lowest BCUT2D eigenvalue weighted by atomic mass is 10.1. The maximum Gasteiger partial charge on any atom is 0.261 e. The summed E-state index contributed by atoms with van der Waals surface area (Å²) in [4.78, 5) is 4.21. The molecule has 4 nitrogen and oxygen atoms in total. The Labute approximate surface area is 115 Å². The minimum absolute atomic E-state index is 0.161. The first-order valence-corrected chi connectivity index (χ1v) is 6.09. The average Bonchev–Trinajstić information content (AvgIpc) is 2.89. The Morgan fingerprint density at radius 1 is 1.10 bits per heavy atom. The Balaban J connectivity index is 1.99. The number of aromatic nitrogens is 2. The molecule has 3 rings (SSSR count). The Morgan fingerprint density at radius 2 is 1.85 bits per heavy atom. The molecule has 0 atom stereocenters. The van der Waals surface area contributed by atoms with Gasteiger partial charge in [-0.05, 0) is 48.9 Å². The molecule has 0 radical (unpaired) electrons. The van der Waals surface area contributed by atoms with Crippen LogP contribution in [0.15, 0.2) is 47.0 Å². The van der Waals surface area contributed by atoms with E-state index < -0.39 is 0 Å². The molecule has 0 spiro atoms. The van der Waals surface area contributed by atoms with Crippen molar-refractivity contribution in [3.63, 3.8) is 0 Å². The molecule has 0 amide bonds. The van der Waals surface area contributed by atoms with Gasteiger partial charge in [-0.3, -0.25) is 0 Å². The highest BCUT2D eigenvalue weighted by Crippen LogP contribution is 2.25. The van der Waals surface area contributed by atoms with Gasteiger partial charge in [-0.15, -0.1) is 0 Å². The van der Waals surface area contributed by atoms with Crippen LogP contribution in [0.25, 0.3) is 22.8 Å². The summed E-state index contributed by atoms with van der Waals surface area (Å²) in [5.74, 6) is 0.187. The summed E-state index contributed by atoms with van der Waals surface area (Å²) in [7, 11) is 0. The first-order valence-electron chi connectivity index (χ1n) is 6.09. The fourth-order valence-electron chi connectivity index (χ4n) is 1.88. The summed E-state index contributed by atoms with van der Waals surface area (Å²) < 4.78 is 19.0. The van der Waals surface area contributed by atoms with Crippen molar-refractivity contribution in [1.82, 2.24) is 10.1 Å². The van der Waals surface area contributed by atoms with Gasteiger partial charge in [0.2, 0.25) is 5.82 Å². The zero-order valence-electron chi connectivity index (χ0n) is 10.8. The zero-order chi connectivity index (χ0) is 14.1. The lowest BCUT2D eigenvalue weighted by Gasteiger charge is -1.98. The number of hydrogen-bond acceptors (Lipinski definition) is 4. The van der Waals surface area contributed by atoms with Crippen molar-refractivity contribution in [2.24, 2.45) is 0 Å². The van der Waals surface area contributed by atoms with E-state index in [2.05, 4.69) is 10.1 Å². The number of hydrogen-bond donors (Lipinski definition) is 1. The van der Waals surface area contributed by atoms with Gasteiger partial charge in [-0.2, -0.15) is 4.98 Å². The van der Waals surface area contributed by atoms with Crippen LogP contribution in [0.3, 0.4) is 0 Å². The minimum Gasteiger partial charge on any atom is -0.399 e. The Morgan fingerprint density at radius 3 is 2.55 bits per heavy atom. The van der Waals surface area contributed by atoms with Crippen LogP contribution >= 0.6 is 0 Å². The number of anilines is 1. The van der Waals surface area contributed by atoms with E-state index in [9.17, 15) is 4.39 Å². The van der Waals surface area contributed by atoms with Crippen LogP contribution in [0.5, 0.6) is 0 Å². The maximum atomic E-state index is 13.9. The normalized spacial score (nSPS) is 10.7. The summed E-state index contributed by atoms with van der Waals surface area (Å²) in [6, 6.07) is 11.9. The number of nitrogens with zero attached hydrogens (tertiary/aromatic N) is 2. The molecular weight excluding hydrogens is 257 g/mol. The van der Waals surface area contributed by atoms with Crippen LogP contribution in [-0.2, 0) is 0 Å². The SMILES string of the molecule is Cc1ccc(-c2nc(-c3ccc(N)cc3)no2)c(F)c1. The van der Waals surface area contributed by atoms with Gasteiger partial charge in [-0.25, -0.2) is 4.39 Å². The molecule has 100 valence electrons. The van der Waals surface area contributed by atoms with Gasteiger partial charge in [0.25, 0.3) is 5.89 Å². The topological polar surface area (TPSA) is 64.9 Å². The summed E-state index contributed by atoms with van der Waals surface area (Å²) in [6.07, 6.45) is 0. The fraction of sp³-hybridized carbons (Fsp3) is 0.0667. The number of rotatable bonds is 2. The van der Waals surface area contributed by atoms with Crippen LogP contribution in [0.4, 0.5) is 10.1 Å². The summed E-state index contributed by atoms with van der Waals surface area (Å²) in [6.45, 7) is 1.82. The standard InChI is InChI=1S/C15H12FN3O/c1-9-2-7-12(13(16)8-9)15-18-14(19-20-15)10-3-5-11(17)6-4-10/h2-8H,17H2,1H3. The van der Waals surface area contributed by atoms with Crippen molar-refractivity contribution in [3.05, 3.63) is 53.8 Å². The highest BCUT2D eigenvalue weighted by molar-refractivity contribution is 5.62. The molecule has 3 aromatic rings. The second kappa shape index (κ2) is 4.77. The van der Waals surface area contributed by atoms with Crippen molar-refractivity contribution in [2.45, 2.75) is 6.92 Å². The molecule has 0 bridgehead atoms. The van der Waals surface area contributed by atoms with Crippen molar-refractivity contribution in [3.8, 4) is 22.8 Å². The van der Waals surface area contributed by atoms with E-state index >= 15 is 0 Å². The van der Waals surface area contributed by atoms with E-state index in [0.717, 1.165) is 11.1 Å². The van der Waals surface area contributed by atoms with E-state index in [1.807, 2.05) is 6.92 Å². The monoisotopic (exact) mass is 269 g/mol. The molecule has 0 saturated heterocycles. The molecular formula is C15H12FN3O. The molecule has 5 heteroatoms. The zero-order valence-corrected chi connectivity index (χ0v) is 10.8. The Bertz CT molecular complexity index is 750. The van der Waals surface area contributed by atoms with Crippen LogP contribution < -0.4 is 5.73 Å². The third-order valence-electron chi connectivity index (χ3n) is 2.95. The predicted octanol–water partition coefficient (Wildman–Crippen LogP) is 3.43. The first kappa shape index (κ1) is 12.3. The lowest BCUT2D eigenvalue weighted by molar-refractivity contribution is 0.429. The van der Waals surface area contributed by atoms with Crippen molar-refractivity contribution >= 4 is 5.69 Å². The summed E-state index contributed by atoms with van der Waals surface area (Å²) in [5.41, 5.74) is 8.17. The van der Waals surface area contributed by atoms with Gasteiger partial charge in [0, 0.05) is 11.3 Å². The average molecular weight is 269 g/mol. The van der Waals surface area contributed by atoms with Gasteiger partial charge < -0.3 is 10.3 Å². The van der Waals surface area contributed by atoms with Crippen molar-refractivity contribution in [2.75, 3.05) is 5.73 Å². The van der Waals surface area contributed by atoms with Gasteiger partial charge in [-0.1, -0.05) is 11.2 Å². The van der Waals surface area contributed by atoms with Crippen molar-refractivity contribution in [1.29, 1.82) is 0 Å². The smallest absolute Gasteiger partial charge is 0.261 e.